The van der Waals surface area contributed by atoms with E-state index >= 15 is 0 Å². The van der Waals surface area contributed by atoms with Crippen LogP contribution in [0.5, 0.6) is 0 Å². The van der Waals surface area contributed by atoms with Gasteiger partial charge in [-0.15, -0.1) is 0 Å². The Balaban J connectivity index is 2.18. The predicted molar refractivity (Wildman–Crippen MR) is 93.5 cm³/mol. The molecule has 1 aromatic heterocycles. The van der Waals surface area contributed by atoms with E-state index in [1.54, 1.807) is 50.0 Å². The van der Waals surface area contributed by atoms with Crippen LogP contribution in [0.4, 0.5) is 5.69 Å². The molecule has 1 aromatic carbocycles. The van der Waals surface area contributed by atoms with Crippen molar-refractivity contribution in [2.24, 2.45) is 7.05 Å². The van der Waals surface area contributed by atoms with Gasteiger partial charge in [0.25, 0.3) is 11.8 Å². The third-order valence-corrected chi connectivity index (χ3v) is 3.79. The summed E-state index contributed by atoms with van der Waals surface area (Å²) in [7, 11) is 3.26. The fourth-order valence-electron chi connectivity index (χ4n) is 2.42. The summed E-state index contributed by atoms with van der Waals surface area (Å²) in [5, 5.41) is 14.5. The van der Waals surface area contributed by atoms with Crippen molar-refractivity contribution >= 4 is 17.5 Å². The molecule has 130 valence electrons. The van der Waals surface area contributed by atoms with E-state index in [-0.39, 0.29) is 11.8 Å². The van der Waals surface area contributed by atoms with Crippen LogP contribution in [-0.4, -0.2) is 36.6 Å². The fourth-order valence-corrected chi connectivity index (χ4v) is 2.42. The first kappa shape index (κ1) is 18.2. The first-order valence-corrected chi connectivity index (χ1v) is 7.72. The van der Waals surface area contributed by atoms with Crippen molar-refractivity contribution in [1.82, 2.24) is 9.88 Å². The highest BCUT2D eigenvalue weighted by molar-refractivity contribution is 6.05. The Morgan fingerprint density at radius 1 is 1.32 bits per heavy atom. The summed E-state index contributed by atoms with van der Waals surface area (Å²) in [6.07, 6.45) is 1.58. The van der Waals surface area contributed by atoms with E-state index in [4.69, 9.17) is 10.00 Å². The topological polar surface area (TPSA) is 96.2 Å². The second-order valence-corrected chi connectivity index (χ2v) is 5.52. The summed E-state index contributed by atoms with van der Waals surface area (Å²) >= 11 is 0. The molecular formula is C18H20N4O3. The third-order valence-electron chi connectivity index (χ3n) is 3.79. The summed E-state index contributed by atoms with van der Waals surface area (Å²) in [6, 6.07) is 8.66. The molecule has 0 radical (unpaired) electrons. The number of aromatic nitrogens is 1. The van der Waals surface area contributed by atoms with Crippen LogP contribution < -0.4 is 10.6 Å². The van der Waals surface area contributed by atoms with Crippen LogP contribution >= 0.6 is 0 Å². The zero-order valence-electron chi connectivity index (χ0n) is 14.4. The van der Waals surface area contributed by atoms with Crippen LogP contribution in [0.3, 0.4) is 0 Å². The molecule has 0 spiro atoms. The van der Waals surface area contributed by atoms with Gasteiger partial charge in [-0.2, -0.15) is 5.26 Å². The van der Waals surface area contributed by atoms with Crippen molar-refractivity contribution in [2.45, 2.75) is 6.92 Å². The molecule has 7 heteroatoms. The zero-order valence-corrected chi connectivity index (χ0v) is 14.4. The molecule has 0 aliphatic heterocycles. The van der Waals surface area contributed by atoms with Gasteiger partial charge in [-0.25, -0.2) is 0 Å². The molecule has 2 rings (SSSR count). The van der Waals surface area contributed by atoms with Crippen LogP contribution in [0.15, 0.2) is 30.5 Å². The molecule has 2 amide bonds. The maximum atomic E-state index is 12.5. The van der Waals surface area contributed by atoms with E-state index in [0.29, 0.717) is 41.2 Å². The van der Waals surface area contributed by atoms with Crippen molar-refractivity contribution in [1.29, 1.82) is 5.26 Å². The number of carbonyl (C=O) groups excluding carboxylic acids is 2. The SMILES string of the molecule is COCCNC(=O)c1cccc(NC(=O)c2cc(C#N)cn2C)c1C. The average molecular weight is 340 g/mol. The molecule has 0 aliphatic carbocycles. The molecule has 0 fully saturated rings. The maximum absolute atomic E-state index is 12.5. The van der Waals surface area contributed by atoms with Crippen LogP contribution in [0, 0.1) is 18.3 Å². The van der Waals surface area contributed by atoms with Crippen LogP contribution in [0.1, 0.15) is 32.0 Å². The molecule has 1 heterocycles. The standard InChI is InChI=1S/C18H20N4O3/c1-12-14(17(23)20-7-8-25-3)5-4-6-15(12)21-18(24)16-9-13(10-19)11-22(16)2/h4-6,9,11H,7-8H2,1-3H3,(H,20,23)(H,21,24). The summed E-state index contributed by atoms with van der Waals surface area (Å²) in [4.78, 5) is 24.7. The van der Waals surface area contributed by atoms with Gasteiger partial charge >= 0.3 is 0 Å². The highest BCUT2D eigenvalue weighted by Gasteiger charge is 2.16. The first-order chi connectivity index (χ1) is 12.0. The van der Waals surface area contributed by atoms with E-state index in [1.165, 1.54) is 6.07 Å². The number of aryl methyl sites for hydroxylation is 1. The van der Waals surface area contributed by atoms with Crippen molar-refractivity contribution < 1.29 is 14.3 Å². The second-order valence-electron chi connectivity index (χ2n) is 5.52. The summed E-state index contributed by atoms with van der Waals surface area (Å²) < 4.78 is 6.50. The lowest BCUT2D eigenvalue weighted by Crippen LogP contribution is -2.28. The Morgan fingerprint density at radius 2 is 2.08 bits per heavy atom. The normalized spacial score (nSPS) is 10.2. The Bertz CT molecular complexity index is 833. The number of hydrogen-bond acceptors (Lipinski definition) is 4. The minimum absolute atomic E-state index is 0.226. The summed E-state index contributed by atoms with van der Waals surface area (Å²) in [5.41, 5.74) is 2.48. The monoisotopic (exact) mass is 340 g/mol. The minimum Gasteiger partial charge on any atom is -0.383 e. The van der Waals surface area contributed by atoms with Gasteiger partial charge in [0.2, 0.25) is 0 Å². The quantitative estimate of drug-likeness (QED) is 0.784. The highest BCUT2D eigenvalue weighted by atomic mass is 16.5. The Hall–Kier alpha value is -3.11. The van der Waals surface area contributed by atoms with Crippen molar-refractivity contribution in [3.63, 3.8) is 0 Å². The number of amides is 2. The summed E-state index contributed by atoms with van der Waals surface area (Å²) in [5.74, 6) is -0.569. The van der Waals surface area contributed by atoms with Gasteiger partial charge < -0.3 is 19.9 Å². The zero-order chi connectivity index (χ0) is 18.4. The van der Waals surface area contributed by atoms with E-state index in [1.807, 2.05) is 6.07 Å². The number of methoxy groups -OCH3 is 1. The number of carbonyl (C=O) groups is 2. The van der Waals surface area contributed by atoms with E-state index in [0.717, 1.165) is 0 Å². The van der Waals surface area contributed by atoms with Gasteiger partial charge in [0.1, 0.15) is 11.8 Å². The molecule has 0 atom stereocenters. The Morgan fingerprint density at radius 3 is 2.72 bits per heavy atom. The molecule has 0 bridgehead atoms. The van der Waals surface area contributed by atoms with Gasteiger partial charge in [0.05, 0.1) is 12.2 Å². The van der Waals surface area contributed by atoms with Gasteiger partial charge in [-0.1, -0.05) is 6.07 Å². The van der Waals surface area contributed by atoms with Gasteiger partial charge in [0, 0.05) is 38.1 Å². The van der Waals surface area contributed by atoms with Crippen molar-refractivity contribution in [3.05, 3.63) is 52.8 Å². The van der Waals surface area contributed by atoms with Crippen LogP contribution in [0.25, 0.3) is 0 Å². The molecule has 2 N–H and O–H groups in total. The van der Waals surface area contributed by atoms with Crippen molar-refractivity contribution in [3.8, 4) is 6.07 Å². The molecule has 25 heavy (non-hydrogen) atoms. The molecule has 2 aromatic rings. The minimum atomic E-state index is -0.343. The molecule has 0 saturated heterocycles. The lowest BCUT2D eigenvalue weighted by Gasteiger charge is -2.13. The lowest BCUT2D eigenvalue weighted by molar-refractivity contribution is 0.0935. The summed E-state index contributed by atoms with van der Waals surface area (Å²) in [6.45, 7) is 2.61. The molecule has 0 aliphatic rings. The van der Waals surface area contributed by atoms with E-state index in [9.17, 15) is 9.59 Å². The predicted octanol–water partition coefficient (Wildman–Crippen LogP) is 1.83. The van der Waals surface area contributed by atoms with Crippen LogP contribution in [0.2, 0.25) is 0 Å². The number of rotatable bonds is 6. The van der Waals surface area contributed by atoms with Crippen LogP contribution in [-0.2, 0) is 11.8 Å². The Kier molecular flexibility index (Phi) is 5.93. The number of nitrogens with one attached hydrogen (secondary N) is 2. The molecular weight excluding hydrogens is 320 g/mol. The maximum Gasteiger partial charge on any atom is 0.272 e. The number of nitriles is 1. The number of nitrogens with zero attached hydrogens (tertiary/aromatic N) is 2. The van der Waals surface area contributed by atoms with E-state index in [2.05, 4.69) is 10.6 Å². The molecule has 0 unspecified atom stereocenters. The molecule has 7 nitrogen and oxygen atoms in total. The number of anilines is 1. The number of ether oxygens (including phenoxy) is 1. The van der Waals surface area contributed by atoms with Gasteiger partial charge in [-0.3, -0.25) is 9.59 Å². The third kappa shape index (κ3) is 4.25. The highest BCUT2D eigenvalue weighted by Crippen LogP contribution is 2.20. The number of hydrogen-bond donors (Lipinski definition) is 2. The smallest absolute Gasteiger partial charge is 0.272 e. The Labute approximate surface area is 146 Å². The number of benzene rings is 1. The van der Waals surface area contributed by atoms with Gasteiger partial charge in [0.15, 0.2) is 0 Å². The van der Waals surface area contributed by atoms with Gasteiger partial charge in [-0.05, 0) is 30.7 Å². The first-order valence-electron chi connectivity index (χ1n) is 7.72. The van der Waals surface area contributed by atoms with Crippen molar-refractivity contribution in [2.75, 3.05) is 25.6 Å². The average Bonchev–Trinajstić information content (AvgIpc) is 2.98. The van der Waals surface area contributed by atoms with E-state index < -0.39 is 0 Å². The lowest BCUT2D eigenvalue weighted by atomic mass is 10.1. The fraction of sp³-hybridized carbons (Fsp3) is 0.278. The largest absolute Gasteiger partial charge is 0.383 e. The second kappa shape index (κ2) is 8.13. The molecule has 0 saturated carbocycles.